The molecule has 0 spiro atoms. The van der Waals surface area contributed by atoms with Crippen molar-refractivity contribution in [3.63, 3.8) is 0 Å². The normalized spacial score (nSPS) is 23.1. The third kappa shape index (κ3) is 6.32. The van der Waals surface area contributed by atoms with Crippen LogP contribution in [0.5, 0.6) is 0 Å². The van der Waals surface area contributed by atoms with Gasteiger partial charge < -0.3 is 10.4 Å². The largest absolute Gasteiger partial charge is 0.394 e. The summed E-state index contributed by atoms with van der Waals surface area (Å²) in [7, 11) is -3.41. The van der Waals surface area contributed by atoms with Crippen molar-refractivity contribution in [1.82, 2.24) is 20.2 Å². The molecular formula is C26H34F2N4O4S. The van der Waals surface area contributed by atoms with Gasteiger partial charge >= 0.3 is 0 Å². The molecule has 11 heteroatoms. The molecule has 1 fully saturated rings. The second kappa shape index (κ2) is 11.5. The number of aliphatic hydroxyl groups excluding tert-OH is 1. The van der Waals surface area contributed by atoms with Gasteiger partial charge in [0.25, 0.3) is 5.91 Å². The van der Waals surface area contributed by atoms with Gasteiger partial charge in [0.15, 0.2) is 9.84 Å². The van der Waals surface area contributed by atoms with Crippen molar-refractivity contribution >= 4 is 15.7 Å². The van der Waals surface area contributed by atoms with E-state index in [0.717, 1.165) is 43.3 Å². The number of hydrogen-bond donors (Lipinski definition) is 2. The fourth-order valence-corrected chi connectivity index (χ4v) is 6.00. The lowest BCUT2D eigenvalue weighted by Crippen LogP contribution is -2.31. The zero-order chi connectivity index (χ0) is 26.7. The van der Waals surface area contributed by atoms with Crippen LogP contribution in [0, 0.1) is 11.8 Å². The van der Waals surface area contributed by atoms with Gasteiger partial charge in [0.2, 0.25) is 6.43 Å². The monoisotopic (exact) mass is 536 g/mol. The number of aliphatic hydroxyl groups is 1. The Balaban J connectivity index is 1.42. The molecule has 0 saturated heterocycles. The fraction of sp³-hybridized carbons (Fsp3) is 0.577. The van der Waals surface area contributed by atoms with E-state index in [1.165, 1.54) is 24.5 Å². The molecule has 2 aromatic heterocycles. The van der Waals surface area contributed by atoms with Crippen LogP contribution in [0.25, 0.3) is 0 Å². The summed E-state index contributed by atoms with van der Waals surface area (Å²) in [5, 5.41) is 12.6. The van der Waals surface area contributed by atoms with Gasteiger partial charge in [0, 0.05) is 37.7 Å². The molecule has 2 aliphatic rings. The minimum absolute atomic E-state index is 0.0548. The first-order valence-corrected chi connectivity index (χ1v) is 14.6. The Bertz CT molecular complexity index is 1200. The molecule has 4 rings (SSSR count). The van der Waals surface area contributed by atoms with Crippen LogP contribution in [0.4, 0.5) is 8.78 Å². The molecule has 1 saturated carbocycles. The Morgan fingerprint density at radius 1 is 1.19 bits per heavy atom. The lowest BCUT2D eigenvalue weighted by Gasteiger charge is -2.33. The molecule has 0 unspecified atom stereocenters. The smallest absolute Gasteiger partial charge is 0.253 e. The number of pyridine rings is 2. The first-order chi connectivity index (χ1) is 17.6. The number of rotatable bonds is 9. The minimum Gasteiger partial charge on any atom is -0.394 e. The maximum absolute atomic E-state index is 13.0. The van der Waals surface area contributed by atoms with Gasteiger partial charge in [-0.15, -0.1) is 0 Å². The average Bonchev–Trinajstić information content (AvgIpc) is 3.23. The van der Waals surface area contributed by atoms with Crippen molar-refractivity contribution in [2.75, 3.05) is 19.4 Å². The van der Waals surface area contributed by atoms with E-state index in [-0.39, 0.29) is 10.9 Å². The van der Waals surface area contributed by atoms with E-state index in [9.17, 15) is 27.1 Å². The predicted molar refractivity (Wildman–Crippen MR) is 134 cm³/mol. The molecule has 1 aliphatic carbocycles. The Hall–Kier alpha value is -2.50. The highest BCUT2D eigenvalue weighted by molar-refractivity contribution is 7.90. The zero-order valence-corrected chi connectivity index (χ0v) is 21.9. The van der Waals surface area contributed by atoms with Gasteiger partial charge in [-0.1, -0.05) is 6.92 Å². The van der Waals surface area contributed by atoms with E-state index in [2.05, 4.69) is 27.1 Å². The van der Waals surface area contributed by atoms with Crippen molar-refractivity contribution in [2.45, 2.75) is 69.0 Å². The van der Waals surface area contributed by atoms with Crippen molar-refractivity contribution in [3.8, 4) is 0 Å². The summed E-state index contributed by atoms with van der Waals surface area (Å²) >= 11 is 0. The lowest BCUT2D eigenvalue weighted by molar-refractivity contribution is 0.0391. The predicted octanol–water partition coefficient (Wildman–Crippen LogP) is 3.68. The number of carbonyl (C=O) groups excluding carboxylic acids is 1. The number of halogens is 2. The van der Waals surface area contributed by atoms with E-state index < -0.39 is 40.7 Å². The third-order valence-corrected chi connectivity index (χ3v) is 8.65. The van der Waals surface area contributed by atoms with Gasteiger partial charge in [-0.05, 0) is 61.8 Å². The molecule has 8 nitrogen and oxygen atoms in total. The molecule has 0 radical (unpaired) electrons. The second-order valence-electron chi connectivity index (χ2n) is 10.1. The molecule has 1 amide bonds. The summed E-state index contributed by atoms with van der Waals surface area (Å²) in [4.78, 5) is 24.1. The molecule has 0 bridgehead atoms. The van der Waals surface area contributed by atoms with Crippen molar-refractivity contribution in [2.24, 2.45) is 11.8 Å². The van der Waals surface area contributed by atoms with Crippen LogP contribution in [0.2, 0.25) is 0 Å². The van der Waals surface area contributed by atoms with Crippen LogP contribution in [0.1, 0.15) is 78.4 Å². The van der Waals surface area contributed by atoms with Gasteiger partial charge in [-0.2, -0.15) is 0 Å². The number of fused-ring (bicyclic) bond motifs is 1. The van der Waals surface area contributed by atoms with E-state index in [1.54, 1.807) is 0 Å². The first kappa shape index (κ1) is 27.5. The average molecular weight is 537 g/mol. The number of amides is 1. The number of nitrogens with zero attached hydrogens (tertiary/aromatic N) is 3. The highest BCUT2D eigenvalue weighted by atomic mass is 32.2. The summed E-state index contributed by atoms with van der Waals surface area (Å²) in [5.41, 5.74) is 2.62. The Kier molecular flexibility index (Phi) is 8.55. The van der Waals surface area contributed by atoms with Crippen molar-refractivity contribution in [1.29, 1.82) is 0 Å². The number of aromatic nitrogens is 2. The number of nitrogens with one attached hydrogen (secondary N) is 1. The maximum Gasteiger partial charge on any atom is 0.253 e. The molecule has 1 aliphatic heterocycles. The van der Waals surface area contributed by atoms with E-state index in [0.29, 0.717) is 36.6 Å². The quantitative estimate of drug-likeness (QED) is 0.503. The summed E-state index contributed by atoms with van der Waals surface area (Å²) in [6, 6.07) is 4.00. The summed E-state index contributed by atoms with van der Waals surface area (Å²) in [6.45, 7) is 3.16. The number of hydrogen-bond acceptors (Lipinski definition) is 7. The molecule has 37 heavy (non-hydrogen) atoms. The molecule has 202 valence electrons. The van der Waals surface area contributed by atoms with E-state index in [4.69, 9.17) is 0 Å². The first-order valence-electron chi connectivity index (χ1n) is 12.7. The fourth-order valence-electron chi connectivity index (χ4n) is 5.44. The molecule has 0 aromatic carbocycles. The van der Waals surface area contributed by atoms with E-state index >= 15 is 0 Å². The third-order valence-electron chi connectivity index (χ3n) is 7.55. The Morgan fingerprint density at radius 2 is 1.92 bits per heavy atom. The maximum atomic E-state index is 13.0. The van der Waals surface area contributed by atoms with Gasteiger partial charge in [0.1, 0.15) is 0 Å². The standard InChI is InChI=1S/C26H34F2N4O4S/c1-3-23-24-19(14-32(23)13-16-4-6-17(7-5-16)25(27)28)10-18(11-30-24)26(34)31-22(15-33)21-9-8-20(12-29-21)37(2,35)36/h8-12,16-17,22-23,25,33H,3-7,13-15H2,1-2H3,(H,31,34)/t16-,17-,22-,23-/m0/s1. The highest BCUT2D eigenvalue weighted by Crippen LogP contribution is 2.39. The Labute approximate surface area is 216 Å². The van der Waals surface area contributed by atoms with Crippen LogP contribution in [0.15, 0.2) is 35.5 Å². The molecular weight excluding hydrogens is 502 g/mol. The molecule has 3 heterocycles. The summed E-state index contributed by atoms with van der Waals surface area (Å²) in [5.74, 6) is -0.513. The summed E-state index contributed by atoms with van der Waals surface area (Å²) in [6.07, 6.45) is 5.20. The molecule has 2 atom stereocenters. The van der Waals surface area contributed by atoms with Gasteiger partial charge in [-0.25, -0.2) is 17.2 Å². The zero-order valence-electron chi connectivity index (χ0n) is 21.1. The SMILES string of the molecule is CC[C@H]1c2ncc(C(=O)N[C@@H](CO)c3ccc(S(C)(=O)=O)cn3)cc2CN1C[C@H]1CC[C@H](C(F)F)CC1. The van der Waals surface area contributed by atoms with Crippen LogP contribution >= 0.6 is 0 Å². The van der Waals surface area contributed by atoms with Gasteiger partial charge in [0.05, 0.1) is 40.5 Å². The minimum atomic E-state index is -3.41. The number of sulfone groups is 1. The number of carbonyl (C=O) groups is 1. The van der Waals surface area contributed by atoms with Crippen LogP contribution in [0.3, 0.4) is 0 Å². The van der Waals surface area contributed by atoms with Crippen molar-refractivity contribution < 1.29 is 27.1 Å². The number of alkyl halides is 2. The van der Waals surface area contributed by atoms with Crippen LogP contribution in [-0.4, -0.2) is 60.1 Å². The lowest BCUT2D eigenvalue weighted by atomic mass is 9.82. The molecule has 2 N–H and O–H groups in total. The van der Waals surface area contributed by atoms with Gasteiger partial charge in [-0.3, -0.25) is 19.7 Å². The van der Waals surface area contributed by atoms with Crippen LogP contribution < -0.4 is 5.32 Å². The molecule has 2 aromatic rings. The summed E-state index contributed by atoms with van der Waals surface area (Å²) < 4.78 is 49.4. The van der Waals surface area contributed by atoms with Crippen LogP contribution in [-0.2, 0) is 16.4 Å². The van der Waals surface area contributed by atoms with Crippen molar-refractivity contribution in [3.05, 3.63) is 53.1 Å². The Morgan fingerprint density at radius 3 is 2.49 bits per heavy atom. The second-order valence-corrected chi connectivity index (χ2v) is 12.2. The highest BCUT2D eigenvalue weighted by Gasteiger charge is 2.34. The topological polar surface area (TPSA) is 112 Å². The van der Waals surface area contributed by atoms with E-state index in [1.807, 2.05) is 6.07 Å².